The summed E-state index contributed by atoms with van der Waals surface area (Å²) < 4.78 is 6.68. The zero-order chi connectivity index (χ0) is 20.4. The molecule has 0 amide bonds. The third kappa shape index (κ3) is 3.58. The van der Waals surface area contributed by atoms with E-state index in [1.807, 2.05) is 49.4 Å². The zero-order valence-electron chi connectivity index (χ0n) is 15.6. The van der Waals surface area contributed by atoms with Gasteiger partial charge in [-0.05, 0) is 41.8 Å². The van der Waals surface area contributed by atoms with Crippen LogP contribution in [0.15, 0.2) is 73.1 Å². The van der Waals surface area contributed by atoms with Crippen molar-refractivity contribution in [3.05, 3.63) is 94.3 Å². The molecule has 0 fully saturated rings. The van der Waals surface area contributed by atoms with Crippen LogP contribution in [0.1, 0.15) is 11.1 Å². The molecule has 29 heavy (non-hydrogen) atoms. The van der Waals surface area contributed by atoms with Crippen molar-refractivity contribution in [2.75, 3.05) is 0 Å². The van der Waals surface area contributed by atoms with Crippen LogP contribution in [0.2, 0.25) is 0 Å². The molecule has 0 spiro atoms. The van der Waals surface area contributed by atoms with Gasteiger partial charge in [0.05, 0.1) is 21.5 Å². The van der Waals surface area contributed by atoms with E-state index in [4.69, 9.17) is 4.74 Å². The Balaban J connectivity index is 1.62. The molecule has 0 aliphatic rings. The zero-order valence-corrected chi connectivity index (χ0v) is 15.6. The SMILES string of the molecule is Cc1cccc2c1ncn2C(=O)OCc1cc(-c2ccccc2)ccc1[N+](=O)[O-]. The number of carbonyl (C=O) groups excluding carboxylic acids is 1. The van der Waals surface area contributed by atoms with Crippen LogP contribution in [0, 0.1) is 17.0 Å². The van der Waals surface area contributed by atoms with Crippen molar-refractivity contribution >= 4 is 22.8 Å². The van der Waals surface area contributed by atoms with Gasteiger partial charge in [0.1, 0.15) is 12.9 Å². The molecule has 0 atom stereocenters. The second kappa shape index (κ2) is 7.55. The van der Waals surface area contributed by atoms with E-state index in [9.17, 15) is 14.9 Å². The Bertz CT molecular complexity index is 1220. The number of ether oxygens (including phenoxy) is 1. The van der Waals surface area contributed by atoms with E-state index in [1.54, 1.807) is 18.2 Å². The van der Waals surface area contributed by atoms with Gasteiger partial charge in [0, 0.05) is 6.07 Å². The molecule has 1 heterocycles. The first-order chi connectivity index (χ1) is 14.0. The molecule has 144 valence electrons. The quantitative estimate of drug-likeness (QED) is 0.359. The second-order valence-corrected chi connectivity index (χ2v) is 6.58. The molecule has 0 bridgehead atoms. The topological polar surface area (TPSA) is 87.3 Å². The van der Waals surface area contributed by atoms with Crippen LogP contribution in [0.4, 0.5) is 10.5 Å². The summed E-state index contributed by atoms with van der Waals surface area (Å²) in [5, 5.41) is 11.4. The molecule has 0 saturated carbocycles. The first kappa shape index (κ1) is 18.4. The summed E-state index contributed by atoms with van der Waals surface area (Å²) in [6.45, 7) is 1.69. The van der Waals surface area contributed by atoms with Crippen molar-refractivity contribution in [3.63, 3.8) is 0 Å². The number of rotatable bonds is 4. The summed E-state index contributed by atoms with van der Waals surface area (Å²) in [6.07, 6.45) is 0.756. The molecule has 0 aliphatic carbocycles. The molecular weight excluding hydrogens is 370 g/mol. The lowest BCUT2D eigenvalue weighted by Crippen LogP contribution is -2.13. The minimum atomic E-state index is -0.641. The first-order valence-corrected chi connectivity index (χ1v) is 8.97. The smallest absolute Gasteiger partial charge is 0.420 e. The highest BCUT2D eigenvalue weighted by atomic mass is 16.6. The van der Waals surface area contributed by atoms with Crippen molar-refractivity contribution in [3.8, 4) is 11.1 Å². The fourth-order valence-electron chi connectivity index (χ4n) is 3.23. The van der Waals surface area contributed by atoms with Crippen LogP contribution in [-0.4, -0.2) is 20.6 Å². The van der Waals surface area contributed by atoms with Gasteiger partial charge >= 0.3 is 6.09 Å². The predicted octanol–water partition coefficient (Wildman–Crippen LogP) is 5.10. The lowest BCUT2D eigenvalue weighted by Gasteiger charge is -2.09. The number of hydrogen-bond donors (Lipinski definition) is 0. The van der Waals surface area contributed by atoms with Crippen molar-refractivity contribution in [1.29, 1.82) is 0 Å². The van der Waals surface area contributed by atoms with Crippen molar-refractivity contribution in [2.45, 2.75) is 13.5 Å². The Morgan fingerprint density at radius 3 is 2.62 bits per heavy atom. The van der Waals surface area contributed by atoms with E-state index in [0.29, 0.717) is 16.6 Å². The number of benzene rings is 3. The molecule has 0 N–H and O–H groups in total. The number of fused-ring (bicyclic) bond motifs is 1. The monoisotopic (exact) mass is 387 g/mol. The summed E-state index contributed by atoms with van der Waals surface area (Å²) in [5.74, 6) is 0. The summed E-state index contributed by atoms with van der Waals surface area (Å²) in [5.41, 5.74) is 4.25. The summed E-state index contributed by atoms with van der Waals surface area (Å²) in [7, 11) is 0. The minimum absolute atomic E-state index is 0.0937. The number of nitro benzene ring substituents is 1. The van der Waals surface area contributed by atoms with Crippen molar-refractivity contribution < 1.29 is 14.5 Å². The lowest BCUT2D eigenvalue weighted by molar-refractivity contribution is -0.385. The van der Waals surface area contributed by atoms with Crippen LogP contribution < -0.4 is 0 Å². The summed E-state index contributed by atoms with van der Waals surface area (Å²) in [4.78, 5) is 27.7. The molecule has 7 heteroatoms. The van der Waals surface area contributed by atoms with Crippen LogP contribution in [0.5, 0.6) is 0 Å². The highest BCUT2D eigenvalue weighted by Gasteiger charge is 2.18. The van der Waals surface area contributed by atoms with Gasteiger partial charge < -0.3 is 4.74 Å². The molecule has 0 unspecified atom stereocenters. The van der Waals surface area contributed by atoms with Gasteiger partial charge in [-0.2, -0.15) is 0 Å². The lowest BCUT2D eigenvalue weighted by atomic mass is 10.0. The molecule has 3 aromatic carbocycles. The average molecular weight is 387 g/mol. The standard InChI is InChI=1S/C22H17N3O4/c1-15-6-5-9-20-21(15)23-14-24(20)22(26)29-13-18-12-17(10-11-19(18)25(27)28)16-7-3-2-4-8-16/h2-12,14H,13H2,1H3. The molecule has 4 aromatic rings. The van der Waals surface area contributed by atoms with Gasteiger partial charge in [-0.15, -0.1) is 0 Å². The van der Waals surface area contributed by atoms with E-state index in [2.05, 4.69) is 4.98 Å². The first-order valence-electron chi connectivity index (χ1n) is 8.97. The van der Waals surface area contributed by atoms with E-state index in [1.165, 1.54) is 17.0 Å². The largest absolute Gasteiger partial charge is 0.444 e. The molecular formula is C22H17N3O4. The molecule has 0 radical (unpaired) electrons. The van der Waals surface area contributed by atoms with Crippen LogP contribution >= 0.6 is 0 Å². The van der Waals surface area contributed by atoms with Crippen molar-refractivity contribution in [1.82, 2.24) is 9.55 Å². The van der Waals surface area contributed by atoms with Crippen LogP contribution in [-0.2, 0) is 11.3 Å². The van der Waals surface area contributed by atoms with Gasteiger partial charge in [-0.3, -0.25) is 10.1 Å². The molecule has 7 nitrogen and oxygen atoms in total. The van der Waals surface area contributed by atoms with E-state index in [0.717, 1.165) is 16.7 Å². The number of hydrogen-bond acceptors (Lipinski definition) is 5. The van der Waals surface area contributed by atoms with Gasteiger partial charge in [0.2, 0.25) is 0 Å². The van der Waals surface area contributed by atoms with E-state index >= 15 is 0 Å². The number of aromatic nitrogens is 2. The fraction of sp³-hybridized carbons (Fsp3) is 0.0909. The predicted molar refractivity (Wildman–Crippen MR) is 109 cm³/mol. The minimum Gasteiger partial charge on any atom is -0.444 e. The van der Waals surface area contributed by atoms with Gasteiger partial charge in [0.15, 0.2) is 0 Å². The highest BCUT2D eigenvalue weighted by Crippen LogP contribution is 2.27. The number of para-hydroxylation sites is 1. The Morgan fingerprint density at radius 1 is 1.07 bits per heavy atom. The molecule has 0 aliphatic heterocycles. The maximum atomic E-state index is 12.6. The average Bonchev–Trinajstić information content (AvgIpc) is 3.18. The van der Waals surface area contributed by atoms with Crippen molar-refractivity contribution in [2.24, 2.45) is 0 Å². The summed E-state index contributed by atoms with van der Waals surface area (Å²) in [6, 6.07) is 19.8. The second-order valence-electron chi connectivity index (χ2n) is 6.58. The fourth-order valence-corrected chi connectivity index (χ4v) is 3.23. The number of carbonyl (C=O) groups is 1. The normalized spacial score (nSPS) is 10.8. The Hall–Kier alpha value is -4.00. The van der Waals surface area contributed by atoms with Crippen LogP contribution in [0.25, 0.3) is 22.2 Å². The third-order valence-corrected chi connectivity index (χ3v) is 4.71. The van der Waals surface area contributed by atoms with Gasteiger partial charge in [-0.1, -0.05) is 42.5 Å². The number of nitro groups is 1. The Morgan fingerprint density at radius 2 is 1.86 bits per heavy atom. The number of aryl methyl sites for hydroxylation is 1. The molecule has 4 rings (SSSR count). The van der Waals surface area contributed by atoms with E-state index < -0.39 is 11.0 Å². The Kier molecular flexibility index (Phi) is 4.78. The summed E-state index contributed by atoms with van der Waals surface area (Å²) >= 11 is 0. The maximum absolute atomic E-state index is 12.6. The van der Waals surface area contributed by atoms with Gasteiger partial charge in [-0.25, -0.2) is 14.3 Å². The number of nitrogens with zero attached hydrogens (tertiary/aromatic N) is 3. The molecule has 0 saturated heterocycles. The van der Waals surface area contributed by atoms with E-state index in [-0.39, 0.29) is 12.3 Å². The van der Waals surface area contributed by atoms with Crippen LogP contribution in [0.3, 0.4) is 0 Å². The molecule has 1 aromatic heterocycles. The maximum Gasteiger partial charge on any atom is 0.420 e. The van der Waals surface area contributed by atoms with Gasteiger partial charge in [0.25, 0.3) is 5.69 Å². The highest BCUT2D eigenvalue weighted by molar-refractivity contribution is 5.88. The Labute approximate surface area is 166 Å². The number of imidazole rings is 1. The third-order valence-electron chi connectivity index (χ3n) is 4.71.